The van der Waals surface area contributed by atoms with E-state index in [9.17, 15) is 8.42 Å². The maximum atomic E-state index is 11.4. The Kier molecular flexibility index (Phi) is 1.99. The van der Waals surface area contributed by atoms with Crippen molar-refractivity contribution < 1.29 is 12.5 Å². The molecule has 0 amide bonds. The van der Waals surface area contributed by atoms with Gasteiger partial charge in [-0.15, -0.1) is 0 Å². The summed E-state index contributed by atoms with van der Waals surface area (Å²) in [6.07, 6.45) is -0.984. The van der Waals surface area contributed by atoms with Crippen LogP contribution >= 0.6 is 0 Å². The summed E-state index contributed by atoms with van der Waals surface area (Å²) >= 11 is 0. The quantitative estimate of drug-likeness (QED) is 0.726. The number of benzene rings is 1. The van der Waals surface area contributed by atoms with E-state index in [0.717, 1.165) is 0 Å². The van der Waals surface area contributed by atoms with Crippen LogP contribution in [0.1, 0.15) is 4.11 Å². The molecule has 0 fully saturated rings. The fourth-order valence-corrected chi connectivity index (χ4v) is 1.66. The smallest absolute Gasteiger partial charge is 0.0498 e. The highest BCUT2D eigenvalue weighted by Crippen LogP contribution is 2.09. The van der Waals surface area contributed by atoms with Crippen molar-refractivity contribution in [2.75, 3.05) is 12.4 Å². The first-order valence-corrected chi connectivity index (χ1v) is 5.88. The highest BCUT2D eigenvalue weighted by atomic mass is 32.2. The Morgan fingerprint density at radius 1 is 1.08 bits per heavy atom. The van der Waals surface area contributed by atoms with Crippen LogP contribution in [0.15, 0.2) is 34.1 Å². The van der Waals surface area contributed by atoms with Crippen molar-refractivity contribution in [3.05, 3.63) is 24.3 Å². The molecule has 12 heavy (non-hydrogen) atoms. The van der Waals surface area contributed by atoms with Crippen molar-refractivity contribution >= 4 is 21.6 Å². The van der Waals surface area contributed by atoms with Gasteiger partial charge in [0, 0.05) is 47.9 Å². The molecule has 1 aromatic carbocycles. The Morgan fingerprint density at radius 3 is 1.83 bits per heavy atom. The van der Waals surface area contributed by atoms with Gasteiger partial charge in [0.1, 0.15) is 0 Å². The molecule has 0 aromatic heterocycles. The maximum Gasteiger partial charge on any atom is 0.0498 e. The molecule has 0 N–H and O–H groups in total. The lowest BCUT2D eigenvalue weighted by atomic mass is 10.4. The molecule has 0 aliphatic rings. The van der Waals surface area contributed by atoms with Gasteiger partial charge in [-0.1, -0.05) is 0 Å². The zero-order chi connectivity index (χ0) is 11.6. The molecule has 0 aliphatic carbocycles. The minimum Gasteiger partial charge on any atom is -0.255 e. The lowest BCUT2D eigenvalue weighted by molar-refractivity contribution is 0.684. The molecule has 2 atom stereocenters. The summed E-state index contributed by atoms with van der Waals surface area (Å²) in [5.74, 6) is 0. The van der Waals surface area contributed by atoms with Crippen LogP contribution < -0.4 is 0 Å². The zero-order valence-corrected chi connectivity index (χ0v) is 8.08. The standard InChI is InChI=1S/C8H10O2S2/c1-11(9)7-3-5-8(6-4-7)12(2)10/h3-6H,1-2H3/i1D3. The van der Waals surface area contributed by atoms with Gasteiger partial charge >= 0.3 is 0 Å². The molecule has 1 aromatic rings. The molecule has 0 saturated heterocycles. The van der Waals surface area contributed by atoms with E-state index >= 15 is 0 Å². The summed E-state index contributed by atoms with van der Waals surface area (Å²) in [5.41, 5.74) is 0. The summed E-state index contributed by atoms with van der Waals surface area (Å²) in [5, 5.41) is 0. The molecule has 2 unspecified atom stereocenters. The van der Waals surface area contributed by atoms with Gasteiger partial charge in [-0.2, -0.15) is 0 Å². The van der Waals surface area contributed by atoms with Gasteiger partial charge in [0.2, 0.25) is 0 Å². The average Bonchev–Trinajstić information content (AvgIpc) is 2.15. The summed E-state index contributed by atoms with van der Waals surface area (Å²) in [4.78, 5) is 0.811. The van der Waals surface area contributed by atoms with E-state index in [1.807, 2.05) is 0 Å². The molecular weight excluding hydrogens is 192 g/mol. The van der Waals surface area contributed by atoms with Crippen molar-refractivity contribution in [3.63, 3.8) is 0 Å². The van der Waals surface area contributed by atoms with E-state index in [4.69, 9.17) is 4.11 Å². The van der Waals surface area contributed by atoms with Gasteiger partial charge in [0.05, 0.1) is 0 Å². The molecule has 0 aliphatic heterocycles. The van der Waals surface area contributed by atoms with Gasteiger partial charge in [0.25, 0.3) is 0 Å². The minimum atomic E-state index is -2.51. The van der Waals surface area contributed by atoms with Gasteiger partial charge in [-0.05, 0) is 24.3 Å². The predicted molar refractivity (Wildman–Crippen MR) is 51.1 cm³/mol. The molecule has 0 spiro atoms. The van der Waals surface area contributed by atoms with Crippen molar-refractivity contribution in [1.82, 2.24) is 0 Å². The lowest BCUT2D eigenvalue weighted by Crippen LogP contribution is -1.90. The summed E-state index contributed by atoms with van der Waals surface area (Å²) in [6.45, 7) is 0. The predicted octanol–water partition coefficient (Wildman–Crippen LogP) is 1.16. The van der Waals surface area contributed by atoms with Crippen molar-refractivity contribution in [3.8, 4) is 0 Å². The summed E-state index contributed by atoms with van der Waals surface area (Å²) < 4.78 is 43.4. The first-order valence-electron chi connectivity index (χ1n) is 4.68. The van der Waals surface area contributed by atoms with Crippen LogP contribution in [0.3, 0.4) is 0 Å². The fourth-order valence-electron chi connectivity index (χ4n) is 0.755. The highest BCUT2D eigenvalue weighted by Gasteiger charge is 1.99. The number of hydrogen-bond acceptors (Lipinski definition) is 2. The molecule has 0 radical (unpaired) electrons. The molecule has 1 rings (SSSR count). The Bertz CT molecular complexity index is 397. The normalized spacial score (nSPS) is 20.2. The average molecular weight is 205 g/mol. The Hall–Kier alpha value is -0.480. The summed E-state index contributed by atoms with van der Waals surface area (Å²) in [6, 6.07) is 5.91. The summed E-state index contributed by atoms with van der Waals surface area (Å²) in [7, 11) is -3.13. The zero-order valence-electron chi connectivity index (χ0n) is 9.44. The Balaban J connectivity index is 3.00. The Morgan fingerprint density at radius 2 is 1.50 bits per heavy atom. The van der Waals surface area contributed by atoms with Crippen LogP contribution in [0, 0.1) is 0 Å². The van der Waals surface area contributed by atoms with E-state index < -0.39 is 27.8 Å². The van der Waals surface area contributed by atoms with Gasteiger partial charge in [0.15, 0.2) is 0 Å². The van der Waals surface area contributed by atoms with Crippen LogP contribution in [0.25, 0.3) is 0 Å². The van der Waals surface area contributed by atoms with Crippen LogP contribution in [-0.4, -0.2) is 20.9 Å². The molecule has 66 valence electrons. The van der Waals surface area contributed by atoms with E-state index in [1.54, 1.807) is 0 Å². The van der Waals surface area contributed by atoms with E-state index in [0.29, 0.717) is 4.90 Å². The van der Waals surface area contributed by atoms with Crippen LogP contribution in [-0.2, 0) is 21.6 Å². The van der Waals surface area contributed by atoms with E-state index in [2.05, 4.69) is 0 Å². The van der Waals surface area contributed by atoms with Crippen molar-refractivity contribution in [2.45, 2.75) is 9.79 Å². The topological polar surface area (TPSA) is 34.1 Å². The first kappa shape index (κ1) is 6.05. The highest BCUT2D eigenvalue weighted by molar-refractivity contribution is 7.84. The monoisotopic (exact) mass is 205 g/mol. The second-order valence-electron chi connectivity index (χ2n) is 2.19. The second-order valence-corrected chi connectivity index (χ2v) is 4.58. The van der Waals surface area contributed by atoms with Crippen LogP contribution in [0.5, 0.6) is 0 Å². The number of hydrogen-bond donors (Lipinski definition) is 0. The molecule has 0 bridgehead atoms. The largest absolute Gasteiger partial charge is 0.255 e. The molecule has 4 heteroatoms. The first-order chi connectivity index (χ1) is 6.82. The number of rotatable bonds is 2. The molecular formula is C8H10O2S2. The van der Waals surface area contributed by atoms with E-state index in [-0.39, 0.29) is 4.90 Å². The van der Waals surface area contributed by atoms with Gasteiger partial charge < -0.3 is 0 Å². The third kappa shape index (κ3) is 2.25. The van der Waals surface area contributed by atoms with Crippen LogP contribution in [0.4, 0.5) is 0 Å². The minimum absolute atomic E-state index is 0.226. The third-order valence-corrected chi connectivity index (χ3v) is 3.01. The molecule has 2 nitrogen and oxygen atoms in total. The molecule has 0 saturated carbocycles. The third-order valence-electron chi connectivity index (χ3n) is 1.37. The van der Waals surface area contributed by atoms with E-state index in [1.165, 1.54) is 30.5 Å². The van der Waals surface area contributed by atoms with Gasteiger partial charge in [-0.25, -0.2) is 0 Å². The second kappa shape index (κ2) is 3.96. The fraction of sp³-hybridized carbons (Fsp3) is 0.250. The Labute approximate surface area is 81.1 Å². The lowest BCUT2D eigenvalue weighted by Gasteiger charge is -1.97. The maximum absolute atomic E-state index is 11.4. The van der Waals surface area contributed by atoms with Gasteiger partial charge in [-0.3, -0.25) is 8.42 Å². The molecule has 0 heterocycles. The van der Waals surface area contributed by atoms with Crippen molar-refractivity contribution in [2.24, 2.45) is 0 Å². The SMILES string of the molecule is [2H]C([2H])([2H])S(=O)c1ccc(S(C)=O)cc1. The van der Waals surface area contributed by atoms with Crippen LogP contribution in [0.2, 0.25) is 0 Å². The van der Waals surface area contributed by atoms with Crippen molar-refractivity contribution in [1.29, 1.82) is 0 Å².